The molecule has 0 unspecified atom stereocenters. The lowest BCUT2D eigenvalue weighted by molar-refractivity contribution is 0.0983. The Balaban J connectivity index is 2.34. The van der Waals surface area contributed by atoms with Gasteiger partial charge in [-0.1, -0.05) is 12.1 Å². The zero-order chi connectivity index (χ0) is 13.8. The van der Waals surface area contributed by atoms with Gasteiger partial charge in [0.1, 0.15) is 11.5 Å². The van der Waals surface area contributed by atoms with Gasteiger partial charge >= 0.3 is 0 Å². The van der Waals surface area contributed by atoms with Gasteiger partial charge in [-0.3, -0.25) is 9.78 Å². The zero-order valence-corrected chi connectivity index (χ0v) is 11.0. The first-order valence-electron chi connectivity index (χ1n) is 6.08. The summed E-state index contributed by atoms with van der Waals surface area (Å²) < 4.78 is 0. The Bertz CT molecular complexity index is 598. The highest BCUT2D eigenvalue weighted by Gasteiger charge is 2.17. The van der Waals surface area contributed by atoms with E-state index in [4.69, 9.17) is 5.73 Å². The van der Waals surface area contributed by atoms with Gasteiger partial charge in [-0.15, -0.1) is 0 Å². The minimum atomic E-state index is -0.201. The summed E-state index contributed by atoms with van der Waals surface area (Å²) in [6.45, 7) is 4.46. The van der Waals surface area contributed by atoms with E-state index in [1.165, 1.54) is 12.4 Å². The number of hydrogen-bond acceptors (Lipinski definition) is 4. The van der Waals surface area contributed by atoms with Gasteiger partial charge < -0.3 is 10.6 Å². The summed E-state index contributed by atoms with van der Waals surface area (Å²) in [5.74, 6) is 0.0408. The second-order valence-electron chi connectivity index (χ2n) is 4.22. The van der Waals surface area contributed by atoms with Crippen molar-refractivity contribution in [2.24, 2.45) is 0 Å². The Kier molecular flexibility index (Phi) is 3.75. The minimum Gasteiger partial charge on any atom is -0.382 e. The number of aryl methyl sites for hydroxylation is 1. The van der Waals surface area contributed by atoms with E-state index in [2.05, 4.69) is 9.97 Å². The number of amides is 1. The molecule has 98 valence electrons. The van der Waals surface area contributed by atoms with Crippen molar-refractivity contribution >= 4 is 17.4 Å². The number of nitrogens with two attached hydrogens (primary N) is 1. The molecule has 1 amide bonds. The lowest BCUT2D eigenvalue weighted by Crippen LogP contribution is -2.31. The third-order valence-corrected chi connectivity index (χ3v) is 2.75. The monoisotopic (exact) mass is 256 g/mol. The van der Waals surface area contributed by atoms with E-state index in [0.29, 0.717) is 6.54 Å². The fourth-order valence-corrected chi connectivity index (χ4v) is 1.86. The number of benzene rings is 1. The molecule has 1 heterocycles. The summed E-state index contributed by atoms with van der Waals surface area (Å²) in [7, 11) is 0. The normalized spacial score (nSPS) is 10.2. The number of anilines is 2. The molecular formula is C14H16N4O. The van der Waals surface area contributed by atoms with Crippen molar-refractivity contribution in [1.82, 2.24) is 9.97 Å². The molecule has 0 atom stereocenters. The smallest absolute Gasteiger partial charge is 0.278 e. The molecule has 0 aliphatic rings. The molecule has 5 nitrogen and oxygen atoms in total. The predicted molar refractivity (Wildman–Crippen MR) is 75.0 cm³/mol. The van der Waals surface area contributed by atoms with E-state index >= 15 is 0 Å². The number of rotatable bonds is 3. The lowest BCUT2D eigenvalue weighted by atomic mass is 10.2. The maximum atomic E-state index is 12.4. The third-order valence-electron chi connectivity index (χ3n) is 2.75. The maximum Gasteiger partial charge on any atom is 0.278 e. The van der Waals surface area contributed by atoms with Gasteiger partial charge in [0.15, 0.2) is 0 Å². The topological polar surface area (TPSA) is 72.1 Å². The number of carbonyl (C=O) groups excluding carboxylic acids is 1. The predicted octanol–water partition coefficient (Wildman–Crippen LogP) is 2.03. The zero-order valence-electron chi connectivity index (χ0n) is 11.0. The molecule has 0 aliphatic carbocycles. The van der Waals surface area contributed by atoms with Crippen LogP contribution in [0.15, 0.2) is 36.7 Å². The van der Waals surface area contributed by atoms with E-state index in [1.54, 1.807) is 4.90 Å². The van der Waals surface area contributed by atoms with Crippen LogP contribution in [0.5, 0.6) is 0 Å². The molecule has 0 fully saturated rings. The van der Waals surface area contributed by atoms with E-state index in [9.17, 15) is 4.79 Å². The molecule has 0 saturated heterocycles. The fraction of sp³-hybridized carbons (Fsp3) is 0.214. The van der Waals surface area contributed by atoms with Crippen molar-refractivity contribution in [1.29, 1.82) is 0 Å². The molecule has 5 heteroatoms. The molecule has 1 aromatic carbocycles. The van der Waals surface area contributed by atoms with Crippen molar-refractivity contribution in [2.45, 2.75) is 13.8 Å². The van der Waals surface area contributed by atoms with Crippen LogP contribution in [0.25, 0.3) is 0 Å². The largest absolute Gasteiger partial charge is 0.382 e. The molecule has 0 spiro atoms. The van der Waals surface area contributed by atoms with Crippen molar-refractivity contribution in [2.75, 3.05) is 17.2 Å². The van der Waals surface area contributed by atoms with Gasteiger partial charge in [0.2, 0.25) is 0 Å². The fourth-order valence-electron chi connectivity index (χ4n) is 1.86. The second kappa shape index (κ2) is 5.48. The first-order valence-corrected chi connectivity index (χ1v) is 6.08. The summed E-state index contributed by atoms with van der Waals surface area (Å²) in [6.07, 6.45) is 2.84. The number of carbonyl (C=O) groups is 1. The van der Waals surface area contributed by atoms with Crippen LogP contribution in [0.4, 0.5) is 11.5 Å². The summed E-state index contributed by atoms with van der Waals surface area (Å²) in [5, 5.41) is 0. The Morgan fingerprint density at radius 2 is 2.16 bits per heavy atom. The van der Waals surface area contributed by atoms with Gasteiger partial charge in [0.05, 0.1) is 12.4 Å². The highest BCUT2D eigenvalue weighted by molar-refractivity contribution is 6.04. The Labute approximate surface area is 112 Å². The van der Waals surface area contributed by atoms with Crippen LogP contribution < -0.4 is 10.6 Å². The molecule has 2 rings (SSSR count). The molecule has 0 saturated carbocycles. The van der Waals surface area contributed by atoms with Gasteiger partial charge in [0, 0.05) is 12.2 Å². The van der Waals surface area contributed by atoms with E-state index in [-0.39, 0.29) is 17.4 Å². The van der Waals surface area contributed by atoms with Gasteiger partial charge in [-0.25, -0.2) is 4.98 Å². The van der Waals surface area contributed by atoms with Crippen LogP contribution in [0.3, 0.4) is 0 Å². The minimum absolute atomic E-state index is 0.201. The molecular weight excluding hydrogens is 240 g/mol. The molecule has 19 heavy (non-hydrogen) atoms. The van der Waals surface area contributed by atoms with Crippen LogP contribution in [0, 0.1) is 6.92 Å². The van der Waals surface area contributed by atoms with Crippen LogP contribution in [0.2, 0.25) is 0 Å². The van der Waals surface area contributed by atoms with Crippen molar-refractivity contribution in [3.05, 3.63) is 47.9 Å². The van der Waals surface area contributed by atoms with E-state index < -0.39 is 0 Å². The molecule has 0 aliphatic heterocycles. The van der Waals surface area contributed by atoms with Gasteiger partial charge in [-0.2, -0.15) is 0 Å². The standard InChI is InChI=1S/C14H16N4O/c1-3-18(11-6-4-5-10(2)7-11)14(19)12-8-16-9-13(15)17-12/h4-9H,3H2,1-2H3,(H2,15,17). The third kappa shape index (κ3) is 2.88. The van der Waals surface area contributed by atoms with Crippen molar-refractivity contribution in [3.8, 4) is 0 Å². The summed E-state index contributed by atoms with van der Waals surface area (Å²) >= 11 is 0. The molecule has 1 aromatic heterocycles. The van der Waals surface area contributed by atoms with Crippen LogP contribution in [0.1, 0.15) is 23.0 Å². The Morgan fingerprint density at radius 1 is 1.37 bits per heavy atom. The summed E-state index contributed by atoms with van der Waals surface area (Å²) in [4.78, 5) is 22.0. The van der Waals surface area contributed by atoms with Crippen molar-refractivity contribution in [3.63, 3.8) is 0 Å². The van der Waals surface area contributed by atoms with Gasteiger partial charge in [-0.05, 0) is 31.5 Å². The van der Waals surface area contributed by atoms with Gasteiger partial charge in [0.25, 0.3) is 5.91 Å². The summed E-state index contributed by atoms with van der Waals surface area (Å²) in [5.41, 5.74) is 7.75. The Morgan fingerprint density at radius 3 is 2.79 bits per heavy atom. The number of nitrogen functional groups attached to an aromatic ring is 1. The lowest BCUT2D eigenvalue weighted by Gasteiger charge is -2.20. The summed E-state index contributed by atoms with van der Waals surface area (Å²) in [6, 6.07) is 7.77. The SMILES string of the molecule is CCN(C(=O)c1cncc(N)n1)c1cccc(C)c1. The highest BCUT2D eigenvalue weighted by atomic mass is 16.2. The second-order valence-corrected chi connectivity index (χ2v) is 4.22. The van der Waals surface area contributed by atoms with Crippen LogP contribution in [-0.4, -0.2) is 22.4 Å². The Hall–Kier alpha value is -2.43. The molecule has 2 aromatic rings. The first kappa shape index (κ1) is 13.0. The van der Waals surface area contributed by atoms with Crippen molar-refractivity contribution < 1.29 is 4.79 Å². The molecule has 2 N–H and O–H groups in total. The highest BCUT2D eigenvalue weighted by Crippen LogP contribution is 2.17. The van der Waals surface area contributed by atoms with Crippen LogP contribution in [-0.2, 0) is 0 Å². The van der Waals surface area contributed by atoms with E-state index in [0.717, 1.165) is 11.3 Å². The average Bonchev–Trinajstić information content (AvgIpc) is 2.39. The quantitative estimate of drug-likeness (QED) is 0.912. The first-order chi connectivity index (χ1) is 9.11. The molecule has 0 radical (unpaired) electrons. The number of hydrogen-bond donors (Lipinski definition) is 1. The van der Waals surface area contributed by atoms with E-state index in [1.807, 2.05) is 38.1 Å². The number of nitrogens with zero attached hydrogens (tertiary/aromatic N) is 3. The average molecular weight is 256 g/mol. The van der Waals surface area contributed by atoms with Crippen LogP contribution >= 0.6 is 0 Å². The number of aromatic nitrogens is 2. The molecule has 0 bridgehead atoms. The maximum absolute atomic E-state index is 12.4.